The molecule has 1 aliphatic rings. The Balaban J connectivity index is 2.01. The summed E-state index contributed by atoms with van der Waals surface area (Å²) in [5, 5.41) is 12.0. The number of hydrogen-bond donors (Lipinski definition) is 2. The van der Waals surface area contributed by atoms with Crippen LogP contribution < -0.4 is 5.32 Å². The van der Waals surface area contributed by atoms with Gasteiger partial charge in [-0.05, 0) is 45.2 Å². The van der Waals surface area contributed by atoms with Gasteiger partial charge in [0.15, 0.2) is 0 Å². The van der Waals surface area contributed by atoms with Crippen LogP contribution in [0.5, 0.6) is 0 Å². The molecule has 4 heteroatoms. The lowest BCUT2D eigenvalue weighted by Gasteiger charge is -2.30. The lowest BCUT2D eigenvalue weighted by molar-refractivity contribution is -0.137. The Bertz CT molecular complexity index is 225. The van der Waals surface area contributed by atoms with Crippen LogP contribution in [0.3, 0.4) is 0 Å². The summed E-state index contributed by atoms with van der Waals surface area (Å²) in [6.45, 7) is 8.86. The van der Waals surface area contributed by atoms with Crippen LogP contribution >= 0.6 is 0 Å². The molecule has 0 amide bonds. The minimum atomic E-state index is -0.705. The Labute approximate surface area is 104 Å². The lowest BCUT2D eigenvalue weighted by atomic mass is 9.99. The molecule has 1 fully saturated rings. The molecule has 1 saturated heterocycles. The van der Waals surface area contributed by atoms with Crippen molar-refractivity contribution < 1.29 is 9.90 Å². The summed E-state index contributed by atoms with van der Waals surface area (Å²) in [6, 6.07) is 0.301. The summed E-state index contributed by atoms with van der Waals surface area (Å²) in [7, 11) is 0. The number of carboxylic acid groups (broad SMARTS) is 1. The van der Waals surface area contributed by atoms with E-state index in [9.17, 15) is 4.79 Å². The van der Waals surface area contributed by atoms with Crippen molar-refractivity contribution in [1.82, 2.24) is 10.2 Å². The van der Waals surface area contributed by atoms with Gasteiger partial charge in [-0.2, -0.15) is 0 Å². The Morgan fingerprint density at radius 2 is 2.12 bits per heavy atom. The molecule has 0 bridgehead atoms. The van der Waals surface area contributed by atoms with Crippen LogP contribution in [0.4, 0.5) is 0 Å². The van der Waals surface area contributed by atoms with E-state index in [1.54, 1.807) is 0 Å². The van der Waals surface area contributed by atoms with Gasteiger partial charge in [-0.3, -0.25) is 4.79 Å². The molecule has 0 aromatic rings. The van der Waals surface area contributed by atoms with E-state index >= 15 is 0 Å². The number of carboxylic acids is 1. The Morgan fingerprint density at radius 3 is 2.71 bits per heavy atom. The van der Waals surface area contributed by atoms with Gasteiger partial charge in [0.25, 0.3) is 0 Å². The maximum Gasteiger partial charge on any atom is 0.303 e. The van der Waals surface area contributed by atoms with Crippen LogP contribution in [0.2, 0.25) is 0 Å². The maximum absolute atomic E-state index is 10.4. The number of carbonyl (C=O) groups is 1. The first-order valence-corrected chi connectivity index (χ1v) is 6.75. The summed E-state index contributed by atoms with van der Waals surface area (Å²) >= 11 is 0. The fourth-order valence-electron chi connectivity index (χ4n) is 2.20. The molecule has 17 heavy (non-hydrogen) atoms. The van der Waals surface area contributed by atoms with Crippen molar-refractivity contribution in [2.75, 3.05) is 26.2 Å². The number of likely N-dealkylation sites (tertiary alicyclic amines) is 1. The van der Waals surface area contributed by atoms with Crippen molar-refractivity contribution in [3.05, 3.63) is 0 Å². The third kappa shape index (κ3) is 6.64. The lowest BCUT2D eigenvalue weighted by Crippen LogP contribution is -2.39. The van der Waals surface area contributed by atoms with Gasteiger partial charge < -0.3 is 15.3 Å². The van der Waals surface area contributed by atoms with E-state index in [1.807, 2.05) is 0 Å². The van der Waals surface area contributed by atoms with Gasteiger partial charge in [0.1, 0.15) is 0 Å². The van der Waals surface area contributed by atoms with Crippen molar-refractivity contribution in [1.29, 1.82) is 0 Å². The minimum absolute atomic E-state index is 0.259. The molecule has 0 aliphatic carbocycles. The highest BCUT2D eigenvalue weighted by Crippen LogP contribution is 2.15. The second-order valence-electron chi connectivity index (χ2n) is 5.31. The molecule has 1 unspecified atom stereocenters. The average Bonchev–Trinajstić information content (AvgIpc) is 2.29. The first-order chi connectivity index (χ1) is 8.08. The number of hydrogen-bond acceptors (Lipinski definition) is 3. The van der Waals surface area contributed by atoms with Crippen LogP contribution in [0, 0.1) is 5.92 Å². The SMILES string of the molecule is CC1CCN(CCNC(C)CCC(=O)O)CC1. The molecule has 0 aromatic carbocycles. The summed E-state index contributed by atoms with van der Waals surface area (Å²) in [5.41, 5.74) is 0. The number of rotatable bonds is 7. The first-order valence-electron chi connectivity index (χ1n) is 6.75. The predicted octanol–water partition coefficient (Wildman–Crippen LogP) is 1.56. The Kier molecular flexibility index (Phi) is 6.52. The summed E-state index contributed by atoms with van der Waals surface area (Å²) in [5.74, 6) is 0.178. The molecule has 1 heterocycles. The molecule has 100 valence electrons. The van der Waals surface area contributed by atoms with Gasteiger partial charge in [0.2, 0.25) is 0 Å². The first kappa shape index (κ1) is 14.5. The van der Waals surface area contributed by atoms with Crippen molar-refractivity contribution in [3.63, 3.8) is 0 Å². The zero-order valence-electron chi connectivity index (χ0n) is 11.1. The van der Waals surface area contributed by atoms with Crippen molar-refractivity contribution in [3.8, 4) is 0 Å². The smallest absolute Gasteiger partial charge is 0.303 e. The maximum atomic E-state index is 10.4. The predicted molar refractivity (Wildman–Crippen MR) is 69.2 cm³/mol. The third-order valence-electron chi connectivity index (χ3n) is 3.59. The molecule has 1 rings (SSSR count). The number of nitrogens with zero attached hydrogens (tertiary/aromatic N) is 1. The largest absolute Gasteiger partial charge is 0.481 e. The van der Waals surface area contributed by atoms with E-state index in [0.29, 0.717) is 12.5 Å². The highest BCUT2D eigenvalue weighted by Gasteiger charge is 2.15. The second kappa shape index (κ2) is 7.67. The van der Waals surface area contributed by atoms with Crippen LogP contribution in [0.15, 0.2) is 0 Å². The monoisotopic (exact) mass is 242 g/mol. The second-order valence-corrected chi connectivity index (χ2v) is 5.31. The molecule has 0 aromatic heterocycles. The topological polar surface area (TPSA) is 52.6 Å². The molecule has 0 radical (unpaired) electrons. The molecule has 2 N–H and O–H groups in total. The van der Waals surface area contributed by atoms with E-state index < -0.39 is 5.97 Å². The minimum Gasteiger partial charge on any atom is -0.481 e. The zero-order chi connectivity index (χ0) is 12.7. The molecule has 0 saturated carbocycles. The summed E-state index contributed by atoms with van der Waals surface area (Å²) < 4.78 is 0. The molecule has 4 nitrogen and oxygen atoms in total. The van der Waals surface area contributed by atoms with Gasteiger partial charge in [-0.1, -0.05) is 6.92 Å². The van der Waals surface area contributed by atoms with E-state index in [4.69, 9.17) is 5.11 Å². The van der Waals surface area contributed by atoms with E-state index in [1.165, 1.54) is 25.9 Å². The van der Waals surface area contributed by atoms with Crippen LogP contribution in [-0.4, -0.2) is 48.2 Å². The molecular weight excluding hydrogens is 216 g/mol. The van der Waals surface area contributed by atoms with E-state index in [0.717, 1.165) is 19.0 Å². The van der Waals surface area contributed by atoms with Gasteiger partial charge in [-0.25, -0.2) is 0 Å². The molecule has 0 spiro atoms. The van der Waals surface area contributed by atoms with Gasteiger partial charge in [0, 0.05) is 25.6 Å². The average molecular weight is 242 g/mol. The standard InChI is InChI=1S/C13H26N2O2/c1-11-5-8-15(9-6-11)10-7-14-12(2)3-4-13(16)17/h11-12,14H,3-10H2,1-2H3,(H,16,17). The Morgan fingerprint density at radius 1 is 1.47 bits per heavy atom. The summed E-state index contributed by atoms with van der Waals surface area (Å²) in [4.78, 5) is 12.9. The zero-order valence-corrected chi connectivity index (χ0v) is 11.1. The van der Waals surface area contributed by atoms with Crippen LogP contribution in [-0.2, 0) is 4.79 Å². The molecular formula is C13H26N2O2. The van der Waals surface area contributed by atoms with Gasteiger partial charge in [0.05, 0.1) is 0 Å². The summed E-state index contributed by atoms with van der Waals surface area (Å²) in [6.07, 6.45) is 3.60. The van der Waals surface area contributed by atoms with Crippen molar-refractivity contribution in [2.45, 2.75) is 45.6 Å². The van der Waals surface area contributed by atoms with Gasteiger partial charge >= 0.3 is 5.97 Å². The quantitative estimate of drug-likeness (QED) is 0.711. The highest BCUT2D eigenvalue weighted by molar-refractivity contribution is 5.66. The van der Waals surface area contributed by atoms with Crippen molar-refractivity contribution in [2.24, 2.45) is 5.92 Å². The van der Waals surface area contributed by atoms with Crippen LogP contribution in [0.25, 0.3) is 0 Å². The molecule has 1 atom stereocenters. The van der Waals surface area contributed by atoms with E-state index in [-0.39, 0.29) is 6.42 Å². The van der Waals surface area contributed by atoms with Crippen LogP contribution in [0.1, 0.15) is 39.5 Å². The number of aliphatic carboxylic acids is 1. The normalized spacial score (nSPS) is 20.4. The number of nitrogens with one attached hydrogen (secondary N) is 1. The number of piperidine rings is 1. The van der Waals surface area contributed by atoms with Gasteiger partial charge in [-0.15, -0.1) is 0 Å². The Hall–Kier alpha value is -0.610. The van der Waals surface area contributed by atoms with E-state index in [2.05, 4.69) is 24.1 Å². The fourth-order valence-corrected chi connectivity index (χ4v) is 2.20. The third-order valence-corrected chi connectivity index (χ3v) is 3.59. The molecule has 1 aliphatic heterocycles. The van der Waals surface area contributed by atoms with Crippen molar-refractivity contribution >= 4 is 5.97 Å². The fraction of sp³-hybridized carbons (Fsp3) is 0.923. The highest BCUT2D eigenvalue weighted by atomic mass is 16.4.